The van der Waals surface area contributed by atoms with Gasteiger partial charge in [0.25, 0.3) is 5.54 Å². The normalized spacial score (nSPS) is 40.9. The Morgan fingerprint density at radius 1 is 1.00 bits per heavy atom. The minimum Gasteiger partial charge on any atom is -0.322 e. The molecule has 0 aromatic heterocycles. The van der Waals surface area contributed by atoms with Crippen LogP contribution in [0.2, 0.25) is 0 Å². The molecule has 2 bridgehead atoms. The van der Waals surface area contributed by atoms with Crippen molar-refractivity contribution in [2.45, 2.75) is 40.0 Å². The molecule has 1 saturated carbocycles. The molecule has 0 unspecified atom stereocenters. The number of rotatable bonds is 0. The fraction of sp³-hybridized carbons (Fsp3) is 1.00. The Morgan fingerprint density at radius 3 is 1.71 bits per heavy atom. The lowest BCUT2D eigenvalue weighted by Crippen LogP contribution is -3.07. The topological polar surface area (TPSA) is 16.6 Å². The van der Waals surface area contributed by atoms with E-state index < -0.39 is 34.7 Å². The first kappa shape index (κ1) is 13.9. The highest BCUT2D eigenvalue weighted by molar-refractivity contribution is 9.10. The van der Waals surface area contributed by atoms with E-state index in [1.54, 1.807) is 0 Å². The molecular formula is C8H8Br2F6N+. The molecule has 9 heteroatoms. The van der Waals surface area contributed by atoms with Gasteiger partial charge in [-0.25, -0.2) is 0 Å². The molecule has 1 aliphatic heterocycles. The zero-order valence-corrected chi connectivity index (χ0v) is 11.3. The molecule has 100 valence electrons. The second-order valence-electron chi connectivity index (χ2n) is 4.41. The van der Waals surface area contributed by atoms with Gasteiger partial charge in [-0.15, -0.1) is 0 Å². The van der Waals surface area contributed by atoms with Crippen LogP contribution in [0.15, 0.2) is 0 Å². The highest BCUT2D eigenvalue weighted by atomic mass is 79.9. The summed E-state index contributed by atoms with van der Waals surface area (Å²) in [5.74, 6) is -1.49. The molecule has 2 rings (SSSR count). The Hall–Kier alpha value is 0.500. The first-order valence-corrected chi connectivity index (χ1v) is 6.63. The third kappa shape index (κ3) is 1.68. The molecule has 2 fully saturated rings. The number of hydrogen-bond donors (Lipinski definition) is 1. The molecule has 0 aromatic carbocycles. The Bertz CT molecular complexity index is 313. The summed E-state index contributed by atoms with van der Waals surface area (Å²) in [4.78, 5) is -1.11. The molecule has 0 aromatic rings. The van der Waals surface area contributed by atoms with E-state index in [4.69, 9.17) is 0 Å². The van der Waals surface area contributed by atoms with Crippen LogP contribution < -0.4 is 5.32 Å². The fourth-order valence-electron chi connectivity index (χ4n) is 2.83. The lowest BCUT2D eigenvalue weighted by atomic mass is 9.82. The van der Waals surface area contributed by atoms with Gasteiger partial charge in [0.1, 0.15) is 6.04 Å². The van der Waals surface area contributed by atoms with Crippen molar-refractivity contribution in [3.8, 4) is 0 Å². The Kier molecular flexibility index (Phi) is 3.07. The van der Waals surface area contributed by atoms with Crippen LogP contribution in [0.3, 0.4) is 0 Å². The smallest absolute Gasteiger partial charge is 0.322 e. The van der Waals surface area contributed by atoms with Gasteiger partial charge in [-0.3, -0.25) is 0 Å². The van der Waals surface area contributed by atoms with Crippen molar-refractivity contribution < 1.29 is 31.7 Å². The van der Waals surface area contributed by atoms with Gasteiger partial charge >= 0.3 is 12.4 Å². The van der Waals surface area contributed by atoms with E-state index in [1.165, 1.54) is 0 Å². The lowest BCUT2D eigenvalue weighted by Gasteiger charge is -2.38. The van der Waals surface area contributed by atoms with Crippen molar-refractivity contribution in [1.29, 1.82) is 0 Å². The van der Waals surface area contributed by atoms with Crippen molar-refractivity contribution in [2.24, 2.45) is 5.92 Å². The standard InChI is InChI=1S/C8H7Br2F6N/c9-3-1-2-4(10)5(3)17-6(2,7(11,12)13)8(14,15)16/h2-5,17H,1H2/p+1/t2-,3+,4+,5+/m0/s1. The summed E-state index contributed by atoms with van der Waals surface area (Å²) >= 11 is 6.10. The molecule has 2 N–H and O–H groups in total. The molecule has 1 heterocycles. The van der Waals surface area contributed by atoms with Gasteiger partial charge in [0.2, 0.25) is 0 Å². The van der Waals surface area contributed by atoms with Gasteiger partial charge in [0, 0.05) is 0 Å². The van der Waals surface area contributed by atoms with E-state index in [0.29, 0.717) is 5.32 Å². The monoisotopic (exact) mass is 390 g/mol. The summed E-state index contributed by atoms with van der Waals surface area (Å²) in [5.41, 5.74) is -3.66. The molecule has 1 aliphatic carbocycles. The molecule has 17 heavy (non-hydrogen) atoms. The molecule has 0 radical (unpaired) electrons. The maximum absolute atomic E-state index is 12.9. The minimum atomic E-state index is -5.30. The number of piperidine rings is 1. The zero-order chi connectivity index (χ0) is 13.2. The predicted octanol–water partition coefficient (Wildman–Crippen LogP) is 2.34. The number of alkyl halides is 8. The molecule has 1 saturated heterocycles. The SMILES string of the molecule is FC(F)(F)C1(C(F)(F)F)[NH2+][C@H]2[C@H](Br)[C@@H]1C[C@H]2Br. The second kappa shape index (κ2) is 3.75. The van der Waals surface area contributed by atoms with Crippen LogP contribution in [0.1, 0.15) is 6.42 Å². The molecule has 2 aliphatic rings. The first-order valence-electron chi connectivity index (χ1n) is 4.80. The van der Waals surface area contributed by atoms with Crippen molar-refractivity contribution in [3.63, 3.8) is 0 Å². The molecule has 4 atom stereocenters. The number of nitrogens with two attached hydrogens (primary N) is 1. The zero-order valence-electron chi connectivity index (χ0n) is 8.12. The Labute approximate surface area is 110 Å². The average Bonchev–Trinajstić information content (AvgIpc) is 2.53. The van der Waals surface area contributed by atoms with Crippen LogP contribution in [-0.2, 0) is 0 Å². The molecule has 0 amide bonds. The predicted molar refractivity (Wildman–Crippen MR) is 54.1 cm³/mol. The van der Waals surface area contributed by atoms with E-state index in [0.717, 1.165) is 0 Å². The van der Waals surface area contributed by atoms with Crippen LogP contribution >= 0.6 is 31.9 Å². The first-order chi connectivity index (χ1) is 7.52. The molecular weight excluding hydrogens is 384 g/mol. The van der Waals surface area contributed by atoms with Gasteiger partial charge in [-0.05, 0) is 6.42 Å². The Balaban J connectivity index is 2.48. The van der Waals surface area contributed by atoms with Crippen molar-refractivity contribution in [2.75, 3.05) is 0 Å². The van der Waals surface area contributed by atoms with Crippen molar-refractivity contribution >= 4 is 31.9 Å². The summed E-state index contributed by atoms with van der Waals surface area (Å²) in [6.07, 6.45) is -10.7. The molecule has 1 nitrogen and oxygen atoms in total. The van der Waals surface area contributed by atoms with Crippen molar-refractivity contribution in [3.05, 3.63) is 0 Å². The van der Waals surface area contributed by atoms with Crippen LogP contribution in [-0.4, -0.2) is 33.6 Å². The fourth-order valence-corrected chi connectivity index (χ4v) is 5.28. The van der Waals surface area contributed by atoms with Gasteiger partial charge in [0.15, 0.2) is 0 Å². The highest BCUT2D eigenvalue weighted by Gasteiger charge is 2.85. The van der Waals surface area contributed by atoms with E-state index in [1.807, 2.05) is 0 Å². The van der Waals surface area contributed by atoms with Crippen LogP contribution in [0.25, 0.3) is 0 Å². The summed E-state index contributed by atoms with van der Waals surface area (Å²) in [5, 5.41) is 0.431. The number of hydrogen-bond acceptors (Lipinski definition) is 0. The van der Waals surface area contributed by atoms with Gasteiger partial charge in [0.05, 0.1) is 15.6 Å². The van der Waals surface area contributed by atoms with E-state index in [2.05, 4.69) is 31.9 Å². The van der Waals surface area contributed by atoms with E-state index in [-0.39, 0.29) is 11.2 Å². The van der Waals surface area contributed by atoms with E-state index >= 15 is 0 Å². The summed E-state index contributed by atoms with van der Waals surface area (Å²) < 4.78 is 77.3. The Morgan fingerprint density at radius 2 is 1.47 bits per heavy atom. The van der Waals surface area contributed by atoms with E-state index in [9.17, 15) is 26.3 Å². The minimum absolute atomic E-state index is 0.129. The summed E-state index contributed by atoms with van der Waals surface area (Å²) in [6, 6.07) is -0.747. The van der Waals surface area contributed by atoms with Crippen LogP contribution in [0, 0.1) is 5.92 Å². The molecule has 0 spiro atoms. The summed E-state index contributed by atoms with van der Waals surface area (Å²) in [7, 11) is 0. The highest BCUT2D eigenvalue weighted by Crippen LogP contribution is 2.55. The lowest BCUT2D eigenvalue weighted by molar-refractivity contribution is -0.794. The number of quaternary nitrogens is 1. The maximum atomic E-state index is 12.9. The maximum Gasteiger partial charge on any atom is 0.454 e. The number of halogens is 8. The van der Waals surface area contributed by atoms with Crippen LogP contribution in [0.4, 0.5) is 26.3 Å². The van der Waals surface area contributed by atoms with Gasteiger partial charge < -0.3 is 5.32 Å². The number of fused-ring (bicyclic) bond motifs is 2. The largest absolute Gasteiger partial charge is 0.454 e. The van der Waals surface area contributed by atoms with Gasteiger partial charge in [-0.1, -0.05) is 31.9 Å². The average molecular weight is 392 g/mol. The van der Waals surface area contributed by atoms with Crippen LogP contribution in [0.5, 0.6) is 0 Å². The third-order valence-corrected chi connectivity index (χ3v) is 5.86. The van der Waals surface area contributed by atoms with Gasteiger partial charge in [-0.2, -0.15) is 26.3 Å². The summed E-state index contributed by atoms with van der Waals surface area (Å²) in [6.45, 7) is 0. The van der Waals surface area contributed by atoms with Crippen molar-refractivity contribution in [1.82, 2.24) is 0 Å². The second-order valence-corrected chi connectivity index (χ2v) is 6.64. The third-order valence-electron chi connectivity index (χ3n) is 3.63. The quantitative estimate of drug-likeness (QED) is 0.482.